The van der Waals surface area contributed by atoms with Crippen molar-refractivity contribution in [3.63, 3.8) is 0 Å². The molecular weight excluding hydrogens is 392 g/mol. The summed E-state index contributed by atoms with van der Waals surface area (Å²) in [5.74, 6) is -1.26. The summed E-state index contributed by atoms with van der Waals surface area (Å²) in [6.07, 6.45) is 0. The highest BCUT2D eigenvalue weighted by molar-refractivity contribution is 7.92. The van der Waals surface area contributed by atoms with Crippen LogP contribution in [0.1, 0.15) is 12.5 Å². The number of urea groups is 1. The van der Waals surface area contributed by atoms with Crippen LogP contribution >= 0.6 is 0 Å². The minimum atomic E-state index is -4.22. The number of benzene rings is 2. The maximum absolute atomic E-state index is 12.6. The second kappa shape index (κ2) is 6.49. The first-order valence-electron chi connectivity index (χ1n) is 7.77. The molecule has 1 aliphatic rings. The van der Waals surface area contributed by atoms with Gasteiger partial charge in [0.15, 0.2) is 5.75 Å². The van der Waals surface area contributed by atoms with Gasteiger partial charge in [-0.15, -0.1) is 0 Å². The highest BCUT2D eigenvalue weighted by Gasteiger charge is 2.43. The molecule has 0 bridgehead atoms. The van der Waals surface area contributed by atoms with Crippen LogP contribution in [0.4, 0.5) is 16.2 Å². The molecule has 3 amide bonds. The SMILES string of the molecule is CC1(c2cccc(NS(=O)(=O)c3ccc(O)c([N+](=O)[O-])c3)c2)NC(=O)NC1=O. The van der Waals surface area contributed by atoms with E-state index in [9.17, 15) is 33.2 Å². The summed E-state index contributed by atoms with van der Waals surface area (Å²) >= 11 is 0. The monoisotopic (exact) mass is 406 g/mol. The van der Waals surface area contributed by atoms with E-state index in [1.807, 2.05) is 0 Å². The molecule has 0 saturated carbocycles. The third-order valence-electron chi connectivity index (χ3n) is 4.19. The van der Waals surface area contributed by atoms with Gasteiger partial charge in [-0.1, -0.05) is 12.1 Å². The maximum atomic E-state index is 12.6. The van der Waals surface area contributed by atoms with E-state index >= 15 is 0 Å². The summed E-state index contributed by atoms with van der Waals surface area (Å²) in [5.41, 5.74) is -1.74. The number of phenolic OH excluding ortho intramolecular Hbond substituents is 1. The summed E-state index contributed by atoms with van der Waals surface area (Å²) in [6.45, 7) is 1.46. The van der Waals surface area contributed by atoms with Crippen molar-refractivity contribution < 1.29 is 28.0 Å². The summed E-state index contributed by atoms with van der Waals surface area (Å²) in [6, 6.07) is 7.76. The molecule has 1 heterocycles. The number of carbonyl (C=O) groups is 2. The second-order valence-electron chi connectivity index (χ2n) is 6.13. The molecule has 1 atom stereocenters. The predicted molar refractivity (Wildman–Crippen MR) is 96.0 cm³/mol. The van der Waals surface area contributed by atoms with Crippen molar-refractivity contribution >= 4 is 33.3 Å². The van der Waals surface area contributed by atoms with Crippen molar-refractivity contribution in [2.45, 2.75) is 17.4 Å². The Labute approximate surface area is 158 Å². The number of imide groups is 1. The van der Waals surface area contributed by atoms with Crippen LogP contribution < -0.4 is 15.4 Å². The van der Waals surface area contributed by atoms with Crippen LogP contribution in [0.2, 0.25) is 0 Å². The molecule has 0 spiro atoms. The van der Waals surface area contributed by atoms with Crippen LogP contribution in [-0.2, 0) is 20.4 Å². The van der Waals surface area contributed by atoms with Gasteiger partial charge >= 0.3 is 11.7 Å². The quantitative estimate of drug-likeness (QED) is 0.328. The number of nitrogens with one attached hydrogen (secondary N) is 3. The maximum Gasteiger partial charge on any atom is 0.322 e. The third kappa shape index (κ3) is 3.32. The Balaban J connectivity index is 1.94. The highest BCUT2D eigenvalue weighted by atomic mass is 32.2. The van der Waals surface area contributed by atoms with Crippen LogP contribution in [-0.4, -0.2) is 30.4 Å². The smallest absolute Gasteiger partial charge is 0.322 e. The number of amides is 3. The number of sulfonamides is 1. The number of hydrogen-bond donors (Lipinski definition) is 4. The van der Waals surface area contributed by atoms with Gasteiger partial charge < -0.3 is 10.4 Å². The van der Waals surface area contributed by atoms with E-state index in [0.29, 0.717) is 5.56 Å². The Morgan fingerprint density at radius 2 is 1.89 bits per heavy atom. The molecule has 1 fully saturated rings. The molecule has 1 saturated heterocycles. The van der Waals surface area contributed by atoms with Gasteiger partial charge in [-0.2, -0.15) is 0 Å². The summed E-state index contributed by atoms with van der Waals surface area (Å²) in [7, 11) is -4.22. The van der Waals surface area contributed by atoms with Gasteiger partial charge in [0.25, 0.3) is 15.9 Å². The van der Waals surface area contributed by atoms with Crippen molar-refractivity contribution in [2.75, 3.05) is 4.72 Å². The molecule has 1 unspecified atom stereocenters. The van der Waals surface area contributed by atoms with Gasteiger partial charge in [0.05, 0.1) is 9.82 Å². The number of nitrogens with zero attached hydrogens (tertiary/aromatic N) is 1. The Kier molecular flexibility index (Phi) is 4.43. The van der Waals surface area contributed by atoms with E-state index in [-0.39, 0.29) is 5.69 Å². The molecule has 0 radical (unpaired) electrons. The molecule has 28 heavy (non-hydrogen) atoms. The molecule has 11 nitrogen and oxygen atoms in total. The number of carbonyl (C=O) groups excluding carboxylic acids is 2. The lowest BCUT2D eigenvalue weighted by atomic mass is 9.92. The number of hydrogen-bond acceptors (Lipinski definition) is 7. The zero-order valence-corrected chi connectivity index (χ0v) is 15.1. The zero-order valence-electron chi connectivity index (χ0n) is 14.3. The standard InChI is InChI=1S/C16H14N4O7S/c1-16(14(22)17-15(23)18-16)9-3-2-4-10(7-9)19-28(26,27)11-5-6-13(21)12(8-11)20(24)25/h2-8,19,21H,1H3,(H2,17,18,22,23). The topological polar surface area (TPSA) is 168 Å². The van der Waals surface area contributed by atoms with Crippen molar-refractivity contribution in [3.8, 4) is 5.75 Å². The van der Waals surface area contributed by atoms with Crippen LogP contribution in [0.5, 0.6) is 5.75 Å². The first-order valence-corrected chi connectivity index (χ1v) is 9.25. The first kappa shape index (κ1) is 19.1. The normalized spacial score (nSPS) is 19.0. The summed E-state index contributed by atoms with van der Waals surface area (Å²) in [5, 5.41) is 24.9. The molecule has 1 aliphatic heterocycles. The predicted octanol–water partition coefficient (Wildman–Crippen LogP) is 1.16. The Bertz CT molecular complexity index is 1120. The summed E-state index contributed by atoms with van der Waals surface area (Å²) < 4.78 is 27.4. The fourth-order valence-corrected chi connectivity index (χ4v) is 3.74. The Hall–Kier alpha value is -3.67. The minimum absolute atomic E-state index is 0.0726. The van der Waals surface area contributed by atoms with Gasteiger partial charge in [-0.3, -0.25) is 24.9 Å². The average molecular weight is 406 g/mol. The first-order chi connectivity index (χ1) is 13.0. The number of nitro groups is 1. The molecule has 12 heteroatoms. The average Bonchev–Trinajstić information content (AvgIpc) is 2.87. The molecule has 2 aromatic carbocycles. The largest absolute Gasteiger partial charge is 0.502 e. The van der Waals surface area contributed by atoms with Gasteiger partial charge in [-0.25, -0.2) is 13.2 Å². The van der Waals surface area contributed by atoms with E-state index in [4.69, 9.17) is 0 Å². The number of rotatable bonds is 5. The molecule has 2 aromatic rings. The Morgan fingerprint density at radius 1 is 1.18 bits per heavy atom. The van der Waals surface area contributed by atoms with E-state index in [1.54, 1.807) is 0 Å². The zero-order chi connectivity index (χ0) is 20.7. The molecule has 3 rings (SSSR count). The van der Waals surface area contributed by atoms with E-state index in [1.165, 1.54) is 31.2 Å². The molecular formula is C16H14N4O7S. The van der Waals surface area contributed by atoms with Crippen LogP contribution in [0.25, 0.3) is 0 Å². The third-order valence-corrected chi connectivity index (χ3v) is 5.57. The Morgan fingerprint density at radius 3 is 2.50 bits per heavy atom. The van der Waals surface area contributed by atoms with E-state index in [2.05, 4.69) is 15.4 Å². The van der Waals surface area contributed by atoms with Crippen molar-refractivity contribution in [2.24, 2.45) is 0 Å². The molecule has 0 aromatic heterocycles. The van der Waals surface area contributed by atoms with Gasteiger partial charge in [-0.05, 0) is 36.8 Å². The second-order valence-corrected chi connectivity index (χ2v) is 7.81. The minimum Gasteiger partial charge on any atom is -0.502 e. The number of phenols is 1. The van der Waals surface area contributed by atoms with Crippen molar-refractivity contribution in [3.05, 3.63) is 58.1 Å². The van der Waals surface area contributed by atoms with Crippen molar-refractivity contribution in [1.82, 2.24) is 10.6 Å². The van der Waals surface area contributed by atoms with Crippen molar-refractivity contribution in [1.29, 1.82) is 0 Å². The lowest BCUT2D eigenvalue weighted by Gasteiger charge is -2.21. The number of anilines is 1. The molecule has 4 N–H and O–H groups in total. The lowest BCUT2D eigenvalue weighted by Crippen LogP contribution is -2.40. The van der Waals surface area contributed by atoms with E-state index in [0.717, 1.165) is 18.2 Å². The number of nitro benzene ring substituents is 1. The van der Waals surface area contributed by atoms with Crippen LogP contribution in [0.15, 0.2) is 47.4 Å². The fourth-order valence-electron chi connectivity index (χ4n) is 2.67. The summed E-state index contributed by atoms with van der Waals surface area (Å²) in [4.78, 5) is 33.0. The van der Waals surface area contributed by atoms with Gasteiger partial charge in [0.1, 0.15) is 5.54 Å². The molecule has 0 aliphatic carbocycles. The fraction of sp³-hybridized carbons (Fsp3) is 0.125. The number of aromatic hydroxyl groups is 1. The highest BCUT2D eigenvalue weighted by Crippen LogP contribution is 2.30. The van der Waals surface area contributed by atoms with Gasteiger partial charge in [0, 0.05) is 11.8 Å². The van der Waals surface area contributed by atoms with Crippen LogP contribution in [0.3, 0.4) is 0 Å². The van der Waals surface area contributed by atoms with Gasteiger partial charge in [0.2, 0.25) is 0 Å². The molecule has 146 valence electrons. The lowest BCUT2D eigenvalue weighted by molar-refractivity contribution is -0.386. The van der Waals surface area contributed by atoms with E-state index < -0.39 is 48.8 Å². The van der Waals surface area contributed by atoms with Crippen LogP contribution in [0, 0.1) is 10.1 Å².